The first-order valence-electron chi connectivity index (χ1n) is 5.53. The van der Waals surface area contributed by atoms with E-state index < -0.39 is 0 Å². The molecule has 1 aromatic carbocycles. The predicted octanol–water partition coefficient (Wildman–Crippen LogP) is 2.98. The van der Waals surface area contributed by atoms with E-state index in [-0.39, 0.29) is 5.91 Å². The van der Waals surface area contributed by atoms with Gasteiger partial charge in [0.1, 0.15) is 5.76 Å². The summed E-state index contributed by atoms with van der Waals surface area (Å²) in [4.78, 5) is 11.9. The number of aryl methyl sites for hydroxylation is 2. The van der Waals surface area contributed by atoms with E-state index in [0.717, 1.165) is 21.5 Å². The third kappa shape index (κ3) is 2.79. The maximum atomic E-state index is 11.9. The van der Waals surface area contributed by atoms with Crippen LogP contribution in [-0.2, 0) is 6.54 Å². The van der Waals surface area contributed by atoms with Crippen LogP contribution in [0.2, 0.25) is 0 Å². The number of halogens is 1. The molecule has 1 heterocycles. The lowest BCUT2D eigenvalue weighted by atomic mass is 10.2. The number of rotatable bonds is 3. The van der Waals surface area contributed by atoms with E-state index in [0.29, 0.717) is 12.1 Å². The Balaban J connectivity index is 2.05. The number of nitrogens with zero attached hydrogens (tertiary/aromatic N) is 1. The van der Waals surface area contributed by atoms with Crippen molar-refractivity contribution in [3.63, 3.8) is 0 Å². The summed E-state index contributed by atoms with van der Waals surface area (Å²) < 4.78 is 5.93. The molecule has 5 heteroatoms. The van der Waals surface area contributed by atoms with Crippen molar-refractivity contribution in [3.05, 3.63) is 51.3 Å². The number of hydrogen-bond acceptors (Lipinski definition) is 3. The summed E-state index contributed by atoms with van der Waals surface area (Å²) in [5.41, 5.74) is 2.36. The Kier molecular flexibility index (Phi) is 3.81. The second kappa shape index (κ2) is 5.35. The fourth-order valence-corrected chi connectivity index (χ4v) is 2.05. The van der Waals surface area contributed by atoms with E-state index in [1.54, 1.807) is 12.1 Å². The molecule has 0 radical (unpaired) electrons. The van der Waals surface area contributed by atoms with Gasteiger partial charge in [-0.05, 0) is 32.0 Å². The van der Waals surface area contributed by atoms with E-state index in [1.165, 1.54) is 0 Å². The lowest BCUT2D eigenvalue weighted by Gasteiger charge is -2.05. The third-order valence-electron chi connectivity index (χ3n) is 2.69. The van der Waals surface area contributed by atoms with Crippen LogP contribution in [-0.4, -0.2) is 11.1 Å². The first-order valence-corrected chi connectivity index (χ1v) is 6.32. The average Bonchev–Trinajstić information content (AvgIpc) is 2.66. The Bertz CT molecular complexity index is 559. The van der Waals surface area contributed by atoms with Gasteiger partial charge in [0.15, 0.2) is 0 Å². The molecular weight excluding hydrogens is 296 g/mol. The molecule has 0 bridgehead atoms. The molecule has 1 N–H and O–H groups in total. The standard InChI is InChI=1S/C13H13BrN2O2/c1-8-12(9(2)18-16-8)7-15-13(17)10-4-3-5-11(14)6-10/h3-6H,7H2,1-2H3,(H,15,17). The smallest absolute Gasteiger partial charge is 0.251 e. The number of hydrogen-bond donors (Lipinski definition) is 1. The van der Waals surface area contributed by atoms with Crippen molar-refractivity contribution in [1.29, 1.82) is 0 Å². The van der Waals surface area contributed by atoms with E-state index in [1.807, 2.05) is 26.0 Å². The van der Waals surface area contributed by atoms with Crippen LogP contribution in [0.1, 0.15) is 27.4 Å². The summed E-state index contributed by atoms with van der Waals surface area (Å²) in [5.74, 6) is 0.623. The normalized spacial score (nSPS) is 10.4. The Morgan fingerprint density at radius 3 is 2.83 bits per heavy atom. The van der Waals surface area contributed by atoms with Crippen molar-refractivity contribution in [1.82, 2.24) is 10.5 Å². The van der Waals surface area contributed by atoms with Crippen LogP contribution in [0.15, 0.2) is 33.3 Å². The van der Waals surface area contributed by atoms with Crippen LogP contribution < -0.4 is 5.32 Å². The summed E-state index contributed by atoms with van der Waals surface area (Å²) in [6.07, 6.45) is 0. The molecule has 0 saturated heterocycles. The molecule has 18 heavy (non-hydrogen) atoms. The third-order valence-corrected chi connectivity index (χ3v) is 3.19. The Labute approximate surface area is 113 Å². The van der Waals surface area contributed by atoms with Crippen LogP contribution in [0.5, 0.6) is 0 Å². The summed E-state index contributed by atoms with van der Waals surface area (Å²) in [6, 6.07) is 7.26. The van der Waals surface area contributed by atoms with Crippen molar-refractivity contribution in [3.8, 4) is 0 Å². The van der Waals surface area contributed by atoms with Gasteiger partial charge in [0.25, 0.3) is 5.91 Å². The minimum absolute atomic E-state index is 0.115. The molecule has 1 aromatic heterocycles. The first kappa shape index (κ1) is 12.8. The highest BCUT2D eigenvalue weighted by Gasteiger charge is 2.11. The molecule has 0 fully saturated rings. The van der Waals surface area contributed by atoms with Gasteiger partial charge in [-0.3, -0.25) is 4.79 Å². The lowest BCUT2D eigenvalue weighted by molar-refractivity contribution is 0.0950. The monoisotopic (exact) mass is 308 g/mol. The molecule has 0 aliphatic rings. The van der Waals surface area contributed by atoms with Crippen LogP contribution in [0, 0.1) is 13.8 Å². The summed E-state index contributed by atoms with van der Waals surface area (Å²) in [7, 11) is 0. The largest absolute Gasteiger partial charge is 0.361 e. The minimum Gasteiger partial charge on any atom is -0.361 e. The molecule has 1 amide bonds. The minimum atomic E-state index is -0.115. The second-order valence-electron chi connectivity index (χ2n) is 4.00. The molecule has 0 unspecified atom stereocenters. The van der Waals surface area contributed by atoms with Crippen LogP contribution in [0.25, 0.3) is 0 Å². The lowest BCUT2D eigenvalue weighted by Crippen LogP contribution is -2.23. The van der Waals surface area contributed by atoms with Crippen LogP contribution in [0.4, 0.5) is 0 Å². The van der Waals surface area contributed by atoms with Gasteiger partial charge in [-0.1, -0.05) is 27.2 Å². The van der Waals surface area contributed by atoms with Crippen molar-refractivity contribution >= 4 is 21.8 Å². The number of carbonyl (C=O) groups is 1. The highest BCUT2D eigenvalue weighted by Crippen LogP contribution is 2.13. The van der Waals surface area contributed by atoms with Gasteiger partial charge < -0.3 is 9.84 Å². The molecule has 0 saturated carbocycles. The maximum absolute atomic E-state index is 11.9. The highest BCUT2D eigenvalue weighted by atomic mass is 79.9. The molecule has 0 aliphatic carbocycles. The SMILES string of the molecule is Cc1noc(C)c1CNC(=O)c1cccc(Br)c1. The van der Waals surface area contributed by atoms with E-state index >= 15 is 0 Å². The molecule has 0 atom stereocenters. The zero-order valence-electron chi connectivity index (χ0n) is 10.2. The molecule has 4 nitrogen and oxygen atoms in total. The Morgan fingerprint density at radius 2 is 2.22 bits per heavy atom. The Hall–Kier alpha value is -1.62. The van der Waals surface area contributed by atoms with Crippen molar-refractivity contribution in [2.45, 2.75) is 20.4 Å². The van der Waals surface area contributed by atoms with E-state index in [2.05, 4.69) is 26.4 Å². The van der Waals surface area contributed by atoms with Crippen LogP contribution >= 0.6 is 15.9 Å². The van der Waals surface area contributed by atoms with Gasteiger partial charge in [0.05, 0.1) is 5.69 Å². The van der Waals surface area contributed by atoms with E-state index in [9.17, 15) is 4.79 Å². The zero-order chi connectivity index (χ0) is 13.1. The quantitative estimate of drug-likeness (QED) is 0.948. The van der Waals surface area contributed by atoms with Gasteiger partial charge in [0, 0.05) is 22.1 Å². The predicted molar refractivity (Wildman–Crippen MR) is 71.3 cm³/mol. The molecule has 0 spiro atoms. The van der Waals surface area contributed by atoms with Crippen molar-refractivity contribution in [2.75, 3.05) is 0 Å². The number of amides is 1. The number of nitrogens with one attached hydrogen (secondary N) is 1. The number of carbonyl (C=O) groups excluding carboxylic acids is 1. The second-order valence-corrected chi connectivity index (χ2v) is 4.91. The summed E-state index contributed by atoms with van der Waals surface area (Å²) in [6.45, 7) is 4.12. The van der Waals surface area contributed by atoms with Crippen molar-refractivity contribution in [2.24, 2.45) is 0 Å². The van der Waals surface area contributed by atoms with Gasteiger partial charge in [0.2, 0.25) is 0 Å². The summed E-state index contributed by atoms with van der Waals surface area (Å²) >= 11 is 3.34. The number of aromatic nitrogens is 1. The molecule has 0 aliphatic heterocycles. The number of benzene rings is 1. The zero-order valence-corrected chi connectivity index (χ0v) is 11.7. The van der Waals surface area contributed by atoms with Gasteiger partial charge >= 0.3 is 0 Å². The topological polar surface area (TPSA) is 55.1 Å². The summed E-state index contributed by atoms with van der Waals surface area (Å²) in [5, 5.41) is 6.70. The fourth-order valence-electron chi connectivity index (χ4n) is 1.65. The van der Waals surface area contributed by atoms with Crippen LogP contribution in [0.3, 0.4) is 0 Å². The molecule has 94 valence electrons. The highest BCUT2D eigenvalue weighted by molar-refractivity contribution is 9.10. The van der Waals surface area contributed by atoms with E-state index in [4.69, 9.17) is 4.52 Å². The molecule has 2 aromatic rings. The van der Waals surface area contributed by atoms with Gasteiger partial charge in [-0.2, -0.15) is 0 Å². The molecule has 2 rings (SSSR count). The van der Waals surface area contributed by atoms with Gasteiger partial charge in [-0.15, -0.1) is 0 Å². The first-order chi connectivity index (χ1) is 8.58. The molecular formula is C13H13BrN2O2. The van der Waals surface area contributed by atoms with Crippen molar-refractivity contribution < 1.29 is 9.32 Å². The fraction of sp³-hybridized carbons (Fsp3) is 0.231. The maximum Gasteiger partial charge on any atom is 0.251 e. The van der Waals surface area contributed by atoms with Gasteiger partial charge in [-0.25, -0.2) is 0 Å². The Morgan fingerprint density at radius 1 is 1.44 bits per heavy atom. The average molecular weight is 309 g/mol.